The third-order valence-electron chi connectivity index (χ3n) is 6.73. The van der Waals surface area contributed by atoms with Crippen LogP contribution in [-0.2, 0) is 20.8 Å². The molecule has 1 aromatic carbocycles. The number of urea groups is 1. The Balaban J connectivity index is 1.38. The van der Waals surface area contributed by atoms with Gasteiger partial charge in [-0.1, -0.05) is 35.5 Å². The van der Waals surface area contributed by atoms with Gasteiger partial charge in [0.15, 0.2) is 0 Å². The zero-order chi connectivity index (χ0) is 26.7. The van der Waals surface area contributed by atoms with Crippen LogP contribution in [0.4, 0.5) is 18.4 Å². The molecule has 0 aromatic heterocycles. The number of hydrogen-bond acceptors (Lipinski definition) is 7. The van der Waals surface area contributed by atoms with Crippen LogP contribution < -0.4 is 10.6 Å². The lowest BCUT2D eigenvalue weighted by molar-refractivity contribution is -0.126. The number of piperidine rings is 1. The highest BCUT2D eigenvalue weighted by Crippen LogP contribution is 2.36. The minimum absolute atomic E-state index is 0.0747. The van der Waals surface area contributed by atoms with Gasteiger partial charge in [-0.25, -0.2) is 18.4 Å². The Kier molecular flexibility index (Phi) is 7.20. The minimum atomic E-state index is -3.30. The average Bonchev–Trinajstić information content (AvgIpc) is 3.52. The Labute approximate surface area is 211 Å². The van der Waals surface area contributed by atoms with E-state index in [4.69, 9.17) is 9.94 Å². The van der Waals surface area contributed by atoms with Crippen molar-refractivity contribution in [1.29, 1.82) is 5.26 Å². The van der Waals surface area contributed by atoms with Crippen LogP contribution in [0.15, 0.2) is 35.5 Å². The quantitative estimate of drug-likeness (QED) is 0.468. The van der Waals surface area contributed by atoms with Crippen molar-refractivity contribution in [2.24, 2.45) is 5.16 Å². The second-order valence-corrected chi connectivity index (χ2v) is 9.70. The highest BCUT2D eigenvalue weighted by molar-refractivity contribution is 5.88. The molecule has 11 nitrogen and oxygen atoms in total. The Morgan fingerprint density at radius 3 is 2.49 bits per heavy atom. The number of alkyl halides is 2. The Morgan fingerprint density at radius 2 is 1.89 bits per heavy atom. The number of carboxylic acid groups (broad SMARTS) is 1. The Hall–Kier alpha value is -3.95. The van der Waals surface area contributed by atoms with Crippen LogP contribution in [0.3, 0.4) is 0 Å². The molecule has 2 fully saturated rings. The average molecular weight is 520 g/mol. The summed E-state index contributed by atoms with van der Waals surface area (Å²) in [5.74, 6) is -4.22. The van der Waals surface area contributed by atoms with E-state index in [1.807, 2.05) is 6.07 Å². The van der Waals surface area contributed by atoms with Crippen LogP contribution in [0, 0.1) is 11.3 Å². The molecule has 1 aliphatic carbocycles. The van der Waals surface area contributed by atoms with Gasteiger partial charge in [0.1, 0.15) is 17.2 Å². The van der Waals surface area contributed by atoms with E-state index in [2.05, 4.69) is 20.5 Å². The van der Waals surface area contributed by atoms with Crippen LogP contribution >= 0.6 is 0 Å². The number of carbonyl (C=O) groups excluding carboxylic acids is 2. The number of hydrogen-bond donors (Lipinski definition) is 3. The lowest BCUT2D eigenvalue weighted by Gasteiger charge is -2.37. The molecule has 3 aliphatic rings. The maximum Gasteiger partial charge on any atom is 0.512 e. The van der Waals surface area contributed by atoms with Crippen LogP contribution in [0.2, 0.25) is 0 Å². The number of ether oxygens (including phenoxy) is 1. The van der Waals surface area contributed by atoms with Crippen molar-refractivity contribution in [3.8, 4) is 6.07 Å². The van der Waals surface area contributed by atoms with E-state index in [9.17, 15) is 28.4 Å². The van der Waals surface area contributed by atoms with Gasteiger partial charge in [-0.2, -0.15) is 5.26 Å². The molecule has 1 saturated carbocycles. The predicted molar refractivity (Wildman–Crippen MR) is 124 cm³/mol. The molecule has 2 heterocycles. The molecule has 198 valence electrons. The van der Waals surface area contributed by atoms with Crippen molar-refractivity contribution in [2.75, 3.05) is 13.1 Å². The van der Waals surface area contributed by atoms with Gasteiger partial charge in [-0.05, 0) is 18.4 Å². The highest BCUT2D eigenvalue weighted by Gasteiger charge is 2.48. The summed E-state index contributed by atoms with van der Waals surface area (Å²) in [5, 5.41) is 26.6. The van der Waals surface area contributed by atoms with Crippen LogP contribution in [0.1, 0.15) is 44.1 Å². The van der Waals surface area contributed by atoms with Crippen molar-refractivity contribution in [3.05, 3.63) is 35.9 Å². The van der Waals surface area contributed by atoms with E-state index in [1.165, 1.54) is 4.90 Å². The number of halogens is 2. The number of nitrogens with zero attached hydrogens (tertiary/aromatic N) is 3. The molecule has 1 saturated heterocycles. The number of nitrogens with one attached hydrogen (secondary N) is 2. The second kappa shape index (κ2) is 10.2. The molecule has 1 atom stereocenters. The lowest BCUT2D eigenvalue weighted by atomic mass is 9.88. The van der Waals surface area contributed by atoms with E-state index in [1.54, 1.807) is 30.3 Å². The number of nitriles is 1. The maximum atomic E-state index is 15.0. The van der Waals surface area contributed by atoms with Crippen molar-refractivity contribution < 1.29 is 37.8 Å². The van der Waals surface area contributed by atoms with Gasteiger partial charge >= 0.3 is 12.2 Å². The molecule has 1 spiro atoms. The summed E-state index contributed by atoms with van der Waals surface area (Å²) >= 11 is 0. The summed E-state index contributed by atoms with van der Waals surface area (Å²) in [4.78, 5) is 43.4. The number of amides is 3. The van der Waals surface area contributed by atoms with Crippen molar-refractivity contribution in [3.63, 3.8) is 0 Å². The molecule has 3 N–H and O–H groups in total. The number of likely N-dealkylation sites (tertiary alicyclic amines) is 1. The van der Waals surface area contributed by atoms with E-state index >= 15 is 0 Å². The van der Waals surface area contributed by atoms with Gasteiger partial charge in [0, 0.05) is 38.8 Å². The van der Waals surface area contributed by atoms with Gasteiger partial charge in [0.2, 0.25) is 11.8 Å². The summed E-state index contributed by atoms with van der Waals surface area (Å²) in [6.45, 7) is 0.331. The van der Waals surface area contributed by atoms with E-state index < -0.39 is 54.0 Å². The monoisotopic (exact) mass is 519 g/mol. The lowest BCUT2D eigenvalue weighted by Crippen LogP contribution is -2.57. The normalized spacial score (nSPS) is 20.1. The fraction of sp³-hybridized carbons (Fsp3) is 0.542. The third-order valence-corrected chi connectivity index (χ3v) is 6.73. The van der Waals surface area contributed by atoms with Gasteiger partial charge in [0.25, 0.3) is 5.92 Å². The third kappa shape index (κ3) is 6.63. The van der Waals surface area contributed by atoms with Gasteiger partial charge in [-0.3, -0.25) is 4.79 Å². The molecule has 1 aromatic rings. The first-order valence-electron chi connectivity index (χ1n) is 11.9. The molecule has 4 rings (SSSR count). The summed E-state index contributed by atoms with van der Waals surface area (Å²) in [5.41, 5.74) is -1.51. The summed E-state index contributed by atoms with van der Waals surface area (Å²) in [6.07, 6.45) is -1.49. The predicted octanol–water partition coefficient (Wildman–Crippen LogP) is 2.77. The number of carbonyl (C=O) groups is 3. The highest BCUT2D eigenvalue weighted by atomic mass is 19.3. The van der Waals surface area contributed by atoms with Gasteiger partial charge in [0.05, 0.1) is 12.5 Å². The van der Waals surface area contributed by atoms with Crippen molar-refractivity contribution in [1.82, 2.24) is 15.5 Å². The van der Waals surface area contributed by atoms with E-state index in [0.29, 0.717) is 31.2 Å². The largest absolute Gasteiger partial charge is 0.512 e. The number of oxime groups is 1. The first-order valence-corrected chi connectivity index (χ1v) is 11.9. The smallest absolute Gasteiger partial charge is 0.449 e. The fourth-order valence-corrected chi connectivity index (χ4v) is 4.46. The molecule has 0 unspecified atom stereocenters. The Bertz CT molecular complexity index is 1110. The summed E-state index contributed by atoms with van der Waals surface area (Å²) < 4.78 is 34.5. The first-order chi connectivity index (χ1) is 17.5. The van der Waals surface area contributed by atoms with Crippen LogP contribution in [0.5, 0.6) is 0 Å². The van der Waals surface area contributed by atoms with E-state index in [-0.39, 0.29) is 25.4 Å². The molecule has 2 aliphatic heterocycles. The Morgan fingerprint density at radius 1 is 1.22 bits per heavy atom. The van der Waals surface area contributed by atoms with E-state index in [0.717, 1.165) is 0 Å². The van der Waals surface area contributed by atoms with Crippen molar-refractivity contribution in [2.45, 2.75) is 68.1 Å². The molecule has 3 amide bonds. The molecular formula is C24H27F2N5O6. The maximum absolute atomic E-state index is 15.0. The van der Waals surface area contributed by atoms with Crippen LogP contribution in [-0.4, -0.2) is 70.2 Å². The minimum Gasteiger partial charge on any atom is -0.449 e. The van der Waals surface area contributed by atoms with Gasteiger partial charge in [-0.15, -0.1) is 0 Å². The molecule has 0 radical (unpaired) electrons. The molecule has 37 heavy (non-hydrogen) atoms. The fourth-order valence-electron chi connectivity index (χ4n) is 4.46. The zero-order valence-corrected chi connectivity index (χ0v) is 19.9. The number of rotatable bonds is 7. The topological polar surface area (TPSA) is 153 Å². The standard InChI is InChI=1S/C24H27F2N5O6/c25-24(26,12-16-4-2-1-3-5-16)13-17(19(32)29-22(15-27)6-7-22)28-20(33)31-10-8-23(9-11-31)14-18(30-37-23)36-21(34)35/h1-5,17H,6-14H2,(H,28,33)(H,29,32)(H,34,35)/t17-/m0/s1. The van der Waals surface area contributed by atoms with Gasteiger partial charge < -0.3 is 30.2 Å². The SMILES string of the molecule is N#CC1(NC(=O)[C@H](CC(F)(F)Cc2ccccc2)NC(=O)N2CCC3(CC2)CC(OC(=O)O)=NO3)CC1. The summed E-state index contributed by atoms with van der Waals surface area (Å²) in [6, 6.07) is 7.83. The second-order valence-electron chi connectivity index (χ2n) is 9.70. The van der Waals surface area contributed by atoms with Crippen LogP contribution in [0.25, 0.3) is 0 Å². The molecule has 13 heteroatoms. The first kappa shape index (κ1) is 26.1. The zero-order valence-electron chi connectivity index (χ0n) is 19.9. The number of benzene rings is 1. The molecular weight excluding hydrogens is 492 g/mol. The summed E-state index contributed by atoms with van der Waals surface area (Å²) in [7, 11) is 0. The van der Waals surface area contributed by atoms with Crippen molar-refractivity contribution >= 4 is 24.0 Å². The molecule has 0 bridgehead atoms.